The molecule has 0 spiro atoms. The van der Waals surface area contributed by atoms with E-state index in [-0.39, 0.29) is 18.4 Å². The first-order valence-electron chi connectivity index (χ1n) is 7.36. The van der Waals surface area contributed by atoms with Crippen LogP contribution in [-0.4, -0.2) is 18.2 Å². The molecule has 0 aliphatic heterocycles. The second kappa shape index (κ2) is 8.48. The van der Waals surface area contributed by atoms with Crippen molar-refractivity contribution in [2.75, 3.05) is 6.61 Å². The Bertz CT molecular complexity index is 667. The molecule has 0 saturated carbocycles. The molecule has 5 heteroatoms. The molecule has 0 fully saturated rings. The molecule has 4 nitrogen and oxygen atoms in total. The molecule has 0 saturated heterocycles. The van der Waals surface area contributed by atoms with Gasteiger partial charge in [-0.3, -0.25) is 4.79 Å². The summed E-state index contributed by atoms with van der Waals surface area (Å²) in [5, 5.41) is 4.25. The minimum atomic E-state index is -0.290. The molecule has 0 unspecified atom stereocenters. The van der Waals surface area contributed by atoms with Crippen LogP contribution in [0.2, 0.25) is 0 Å². The standard InChI is InChI=1S/C18H19BrN2O2/c1-13(2)18(14-6-4-3-5-7-14)21-20-17(22)12-23-16-10-8-15(19)9-11-16/h3-11,13H,12H2,1-2H3,(H,20,22)/b21-18+. The predicted molar refractivity (Wildman–Crippen MR) is 95.6 cm³/mol. The van der Waals surface area contributed by atoms with Crippen LogP contribution in [0.25, 0.3) is 0 Å². The number of benzene rings is 2. The molecule has 2 rings (SSSR count). The highest BCUT2D eigenvalue weighted by molar-refractivity contribution is 9.10. The van der Waals surface area contributed by atoms with E-state index in [0.29, 0.717) is 5.75 Å². The van der Waals surface area contributed by atoms with Gasteiger partial charge in [-0.05, 0) is 35.7 Å². The van der Waals surface area contributed by atoms with E-state index in [9.17, 15) is 4.79 Å². The lowest BCUT2D eigenvalue weighted by Crippen LogP contribution is -2.27. The van der Waals surface area contributed by atoms with Crippen LogP contribution in [0.3, 0.4) is 0 Å². The Morgan fingerprint density at radius 1 is 1.13 bits per heavy atom. The quantitative estimate of drug-likeness (QED) is 0.613. The number of hydrazone groups is 1. The first kappa shape index (κ1) is 17.2. The van der Waals surface area contributed by atoms with E-state index in [2.05, 4.69) is 26.5 Å². The average Bonchev–Trinajstić information content (AvgIpc) is 2.55. The number of hydrogen-bond donors (Lipinski definition) is 1. The molecular formula is C18H19BrN2O2. The molecule has 0 bridgehead atoms. The summed E-state index contributed by atoms with van der Waals surface area (Å²) in [4.78, 5) is 11.9. The smallest absolute Gasteiger partial charge is 0.277 e. The minimum Gasteiger partial charge on any atom is -0.484 e. The SMILES string of the molecule is CC(C)/C(=N\NC(=O)COc1ccc(Br)cc1)c1ccccc1. The fourth-order valence-corrected chi connectivity index (χ4v) is 2.23. The van der Waals surface area contributed by atoms with Crippen molar-refractivity contribution in [3.63, 3.8) is 0 Å². The van der Waals surface area contributed by atoms with E-state index in [1.165, 1.54) is 0 Å². The minimum absolute atomic E-state index is 0.0781. The fourth-order valence-electron chi connectivity index (χ4n) is 1.97. The second-order valence-corrected chi connectivity index (χ2v) is 6.21. The third-order valence-electron chi connectivity index (χ3n) is 3.10. The zero-order chi connectivity index (χ0) is 16.7. The van der Waals surface area contributed by atoms with Gasteiger partial charge in [-0.15, -0.1) is 0 Å². The van der Waals surface area contributed by atoms with E-state index in [1.807, 2.05) is 56.3 Å². The number of nitrogens with zero attached hydrogens (tertiary/aromatic N) is 1. The highest BCUT2D eigenvalue weighted by atomic mass is 79.9. The summed E-state index contributed by atoms with van der Waals surface area (Å²) < 4.78 is 6.38. The molecule has 2 aromatic carbocycles. The van der Waals surface area contributed by atoms with Gasteiger partial charge in [0.15, 0.2) is 6.61 Å². The summed E-state index contributed by atoms with van der Waals surface area (Å²) in [6.45, 7) is 4.00. The largest absolute Gasteiger partial charge is 0.484 e. The number of amides is 1. The molecular weight excluding hydrogens is 356 g/mol. The van der Waals surface area contributed by atoms with Crippen molar-refractivity contribution < 1.29 is 9.53 Å². The number of rotatable bonds is 6. The van der Waals surface area contributed by atoms with Crippen molar-refractivity contribution in [3.8, 4) is 5.75 Å². The molecule has 0 aromatic heterocycles. The molecule has 1 N–H and O–H groups in total. The molecule has 0 aliphatic carbocycles. The summed E-state index contributed by atoms with van der Waals surface area (Å²) in [7, 11) is 0. The summed E-state index contributed by atoms with van der Waals surface area (Å²) >= 11 is 3.35. The normalized spacial score (nSPS) is 11.4. The molecule has 2 aromatic rings. The lowest BCUT2D eigenvalue weighted by molar-refractivity contribution is -0.123. The zero-order valence-electron chi connectivity index (χ0n) is 13.1. The van der Waals surface area contributed by atoms with Crippen molar-refractivity contribution in [1.82, 2.24) is 5.43 Å². The van der Waals surface area contributed by atoms with Gasteiger partial charge in [-0.2, -0.15) is 5.10 Å². The number of hydrogen-bond acceptors (Lipinski definition) is 3. The van der Waals surface area contributed by atoms with Crippen LogP contribution >= 0.6 is 15.9 Å². The lowest BCUT2D eigenvalue weighted by atomic mass is 10.0. The molecule has 1 amide bonds. The Morgan fingerprint density at radius 2 is 1.78 bits per heavy atom. The molecule has 0 heterocycles. The van der Waals surface area contributed by atoms with Gasteiger partial charge in [0, 0.05) is 4.47 Å². The monoisotopic (exact) mass is 374 g/mol. The van der Waals surface area contributed by atoms with Crippen molar-refractivity contribution in [1.29, 1.82) is 0 Å². The molecule has 0 atom stereocenters. The van der Waals surface area contributed by atoms with Crippen LogP contribution in [0.1, 0.15) is 19.4 Å². The van der Waals surface area contributed by atoms with Gasteiger partial charge < -0.3 is 4.74 Å². The maximum Gasteiger partial charge on any atom is 0.277 e. The summed E-state index contributed by atoms with van der Waals surface area (Å²) in [6.07, 6.45) is 0. The predicted octanol–water partition coefficient (Wildman–Crippen LogP) is 4.00. The Labute approximate surface area is 144 Å². The number of carbonyl (C=O) groups excluding carboxylic acids is 1. The van der Waals surface area contributed by atoms with Crippen molar-refractivity contribution in [3.05, 3.63) is 64.6 Å². The molecule has 23 heavy (non-hydrogen) atoms. The molecule has 0 radical (unpaired) electrons. The highest BCUT2D eigenvalue weighted by Crippen LogP contribution is 2.15. The van der Waals surface area contributed by atoms with Crippen LogP contribution in [0.15, 0.2) is 64.2 Å². The van der Waals surface area contributed by atoms with Crippen LogP contribution < -0.4 is 10.2 Å². The van der Waals surface area contributed by atoms with Crippen molar-refractivity contribution in [2.24, 2.45) is 11.0 Å². The average molecular weight is 375 g/mol. The number of halogens is 1. The molecule has 0 aliphatic rings. The topological polar surface area (TPSA) is 50.7 Å². The Kier molecular flexibility index (Phi) is 6.35. The zero-order valence-corrected chi connectivity index (χ0v) is 14.7. The van der Waals surface area contributed by atoms with Crippen LogP contribution in [0.5, 0.6) is 5.75 Å². The van der Waals surface area contributed by atoms with Crippen molar-refractivity contribution in [2.45, 2.75) is 13.8 Å². The third kappa shape index (κ3) is 5.53. The van der Waals surface area contributed by atoms with E-state index < -0.39 is 0 Å². The lowest BCUT2D eigenvalue weighted by Gasteiger charge is -2.11. The van der Waals surface area contributed by atoms with E-state index >= 15 is 0 Å². The first-order chi connectivity index (χ1) is 11.1. The van der Waals surface area contributed by atoms with Gasteiger partial charge >= 0.3 is 0 Å². The number of ether oxygens (including phenoxy) is 1. The van der Waals surface area contributed by atoms with E-state index in [0.717, 1.165) is 15.7 Å². The van der Waals surface area contributed by atoms with Crippen LogP contribution in [0, 0.1) is 5.92 Å². The Balaban J connectivity index is 1.94. The fraction of sp³-hybridized carbons (Fsp3) is 0.222. The first-order valence-corrected chi connectivity index (χ1v) is 8.16. The van der Waals surface area contributed by atoms with Gasteiger partial charge in [-0.25, -0.2) is 5.43 Å². The Morgan fingerprint density at radius 3 is 2.39 bits per heavy atom. The maximum absolute atomic E-state index is 11.9. The summed E-state index contributed by atoms with van der Waals surface area (Å²) in [5.74, 6) is 0.548. The number of carbonyl (C=O) groups is 1. The van der Waals surface area contributed by atoms with Crippen LogP contribution in [-0.2, 0) is 4.79 Å². The highest BCUT2D eigenvalue weighted by Gasteiger charge is 2.09. The maximum atomic E-state index is 11.9. The Hall–Kier alpha value is -2.14. The summed E-state index contributed by atoms with van der Waals surface area (Å²) in [6, 6.07) is 17.1. The van der Waals surface area contributed by atoms with Gasteiger partial charge in [-0.1, -0.05) is 60.1 Å². The molecule has 120 valence electrons. The number of nitrogens with one attached hydrogen (secondary N) is 1. The van der Waals surface area contributed by atoms with Gasteiger partial charge in [0.05, 0.1) is 5.71 Å². The van der Waals surface area contributed by atoms with Gasteiger partial charge in [0.25, 0.3) is 5.91 Å². The van der Waals surface area contributed by atoms with Crippen molar-refractivity contribution >= 4 is 27.5 Å². The van der Waals surface area contributed by atoms with Gasteiger partial charge in [0.2, 0.25) is 0 Å². The second-order valence-electron chi connectivity index (χ2n) is 5.30. The third-order valence-corrected chi connectivity index (χ3v) is 3.63. The van der Waals surface area contributed by atoms with Crippen LogP contribution in [0.4, 0.5) is 0 Å². The van der Waals surface area contributed by atoms with Gasteiger partial charge in [0.1, 0.15) is 5.75 Å². The van der Waals surface area contributed by atoms with E-state index in [4.69, 9.17) is 4.74 Å². The van der Waals surface area contributed by atoms with E-state index in [1.54, 1.807) is 12.1 Å². The summed E-state index contributed by atoms with van der Waals surface area (Å²) in [5.41, 5.74) is 4.39.